The number of hydrogen-bond donors (Lipinski definition) is 8. The van der Waals surface area contributed by atoms with Gasteiger partial charge < -0.3 is 47.6 Å². The predicted molar refractivity (Wildman–Crippen MR) is 155 cm³/mol. The van der Waals surface area contributed by atoms with E-state index in [-0.39, 0.29) is 37.6 Å². The molecule has 1 aromatic rings. The van der Waals surface area contributed by atoms with Crippen LogP contribution in [0.25, 0.3) is 0 Å². The van der Waals surface area contributed by atoms with Gasteiger partial charge in [0.1, 0.15) is 36.5 Å². The van der Waals surface area contributed by atoms with E-state index in [0.717, 1.165) is 0 Å². The smallest absolute Gasteiger partial charge is 0.326 e. The summed E-state index contributed by atoms with van der Waals surface area (Å²) in [4.78, 5) is 63.7. The van der Waals surface area contributed by atoms with E-state index < -0.39 is 59.8 Å². The topological polar surface area (TPSA) is 225 Å². The highest BCUT2D eigenvalue weighted by Gasteiger charge is 2.32. The summed E-state index contributed by atoms with van der Waals surface area (Å²) >= 11 is 0. The molecule has 1 aromatic carbocycles. The number of rotatable bonds is 5. The molecule has 14 nitrogen and oxygen atoms in total. The lowest BCUT2D eigenvalue weighted by Gasteiger charge is -2.27. The summed E-state index contributed by atoms with van der Waals surface area (Å²) in [5.41, 5.74) is 6.44. The summed E-state index contributed by atoms with van der Waals surface area (Å²) in [5.74, 6) is -3.70. The second kappa shape index (κ2) is 16.4. The molecule has 2 aliphatic rings. The molecule has 232 valence electrons. The number of carboxylic acid groups (broad SMARTS) is 1. The Kier molecular flexibility index (Phi) is 13.4. The van der Waals surface area contributed by atoms with E-state index in [1.165, 1.54) is 13.8 Å². The zero-order valence-corrected chi connectivity index (χ0v) is 24.5. The van der Waals surface area contributed by atoms with Crippen LogP contribution >= 0.6 is 0 Å². The maximum atomic E-state index is 13.2. The number of amides is 4. The molecule has 0 saturated carbocycles. The second-order valence-electron chi connectivity index (χ2n) is 10.5. The van der Waals surface area contributed by atoms with Crippen molar-refractivity contribution >= 4 is 35.3 Å². The van der Waals surface area contributed by atoms with Crippen molar-refractivity contribution in [3.63, 3.8) is 0 Å². The fraction of sp³-hybridized carbons (Fsp3) is 0.571. The lowest BCUT2D eigenvalue weighted by molar-refractivity contribution is -0.142. The lowest BCUT2D eigenvalue weighted by Crippen LogP contribution is -2.59. The molecule has 0 radical (unpaired) electrons. The molecular formula is C28H43N7O7. The van der Waals surface area contributed by atoms with Crippen molar-refractivity contribution in [2.45, 2.75) is 77.2 Å². The van der Waals surface area contributed by atoms with E-state index in [9.17, 15) is 29.1 Å². The summed E-state index contributed by atoms with van der Waals surface area (Å²) in [6.45, 7) is 7.21. The van der Waals surface area contributed by atoms with Crippen LogP contribution in [0.3, 0.4) is 0 Å². The van der Waals surface area contributed by atoms with Crippen LogP contribution in [0, 0.1) is 11.3 Å². The van der Waals surface area contributed by atoms with Crippen LogP contribution in [-0.4, -0.2) is 90.3 Å². The van der Waals surface area contributed by atoms with Crippen molar-refractivity contribution in [1.29, 1.82) is 5.41 Å². The maximum Gasteiger partial charge on any atom is 0.326 e. The molecule has 6 atom stereocenters. The molecule has 2 aliphatic heterocycles. The first-order valence-electron chi connectivity index (χ1n) is 14.0. The van der Waals surface area contributed by atoms with Gasteiger partial charge in [0.25, 0.3) is 0 Å². The number of carboxylic acids is 1. The first kappa shape index (κ1) is 34.2. The lowest BCUT2D eigenvalue weighted by atomic mass is 9.97. The van der Waals surface area contributed by atoms with Crippen LogP contribution in [0.2, 0.25) is 0 Å². The van der Waals surface area contributed by atoms with Crippen molar-refractivity contribution in [3.05, 3.63) is 29.8 Å². The monoisotopic (exact) mass is 589 g/mol. The van der Waals surface area contributed by atoms with Gasteiger partial charge in [-0.1, -0.05) is 32.4 Å². The minimum absolute atomic E-state index is 0.00712. The Morgan fingerprint density at radius 2 is 1.74 bits per heavy atom. The van der Waals surface area contributed by atoms with Crippen molar-refractivity contribution < 1.29 is 33.8 Å². The average Bonchev–Trinajstić information content (AvgIpc) is 2.94. The summed E-state index contributed by atoms with van der Waals surface area (Å²) in [6, 6.07) is 1.27. The first-order valence-corrected chi connectivity index (χ1v) is 14.0. The Bertz CT molecular complexity index is 1130. The van der Waals surface area contributed by atoms with Gasteiger partial charge in [-0.15, -0.1) is 0 Å². The SMILES string of the molecule is CCC(C)C1NC(=O)C(C)NC(=O)C(NC(=O)C(C)N)CC(=N)CNCCOc2ccc(cc2)CC(C(=O)O)NC1=O. The third-order valence-corrected chi connectivity index (χ3v) is 6.91. The standard InChI is InChI=1S/C28H43N7O7/c1-5-15(2)23-27(39)34-22(28(40)41)12-18-6-8-20(9-7-18)42-11-10-31-14-19(30)13-21(33-24(36)16(3)29)26(38)32-17(4)25(37)35-23/h6-9,15-17,21-23,30-31H,5,10-14,29H2,1-4H3,(H,32,38)(H,33,36)(H,34,39)(H,35,37)(H,40,41). The third-order valence-electron chi connectivity index (χ3n) is 6.91. The molecule has 0 fully saturated rings. The quantitative estimate of drug-likeness (QED) is 0.198. The summed E-state index contributed by atoms with van der Waals surface area (Å²) in [5, 5.41) is 31.3. The number of nitrogens with two attached hydrogens (primary N) is 1. The largest absolute Gasteiger partial charge is 0.492 e. The van der Waals surface area contributed by atoms with Gasteiger partial charge in [-0.25, -0.2) is 4.79 Å². The van der Waals surface area contributed by atoms with Crippen molar-refractivity contribution in [2.24, 2.45) is 11.7 Å². The van der Waals surface area contributed by atoms with Crippen LogP contribution in [0.15, 0.2) is 24.3 Å². The fourth-order valence-corrected chi connectivity index (χ4v) is 4.09. The number of benzene rings is 1. The number of fused-ring (bicyclic) bond motifs is 19. The van der Waals surface area contributed by atoms with E-state index in [4.69, 9.17) is 15.9 Å². The molecule has 0 spiro atoms. The molecule has 0 saturated heterocycles. The van der Waals surface area contributed by atoms with Crippen LogP contribution in [0.4, 0.5) is 0 Å². The molecule has 14 heteroatoms. The summed E-state index contributed by atoms with van der Waals surface area (Å²) in [6.07, 6.45) is 0.370. The van der Waals surface area contributed by atoms with Gasteiger partial charge in [0, 0.05) is 31.6 Å². The van der Waals surface area contributed by atoms with Crippen molar-refractivity contribution in [2.75, 3.05) is 19.7 Å². The Labute approximate surface area is 245 Å². The first-order chi connectivity index (χ1) is 19.8. The number of carbonyl (C=O) groups is 5. The molecule has 0 aromatic heterocycles. The number of carbonyl (C=O) groups excluding carboxylic acids is 4. The molecule has 3 rings (SSSR count). The minimum atomic E-state index is -1.25. The number of aliphatic carboxylic acids is 1. The zero-order chi connectivity index (χ0) is 31.4. The Morgan fingerprint density at radius 3 is 2.33 bits per heavy atom. The van der Waals surface area contributed by atoms with Gasteiger partial charge in [0.05, 0.1) is 6.04 Å². The molecule has 6 unspecified atom stereocenters. The molecule has 4 amide bonds. The number of hydrogen-bond acceptors (Lipinski definition) is 9. The highest BCUT2D eigenvalue weighted by molar-refractivity contribution is 5.97. The van der Waals surface area contributed by atoms with Crippen LogP contribution in [0.5, 0.6) is 5.75 Å². The van der Waals surface area contributed by atoms with Crippen LogP contribution in [0.1, 0.15) is 46.1 Å². The highest BCUT2D eigenvalue weighted by Crippen LogP contribution is 2.15. The molecule has 2 heterocycles. The Balaban J connectivity index is 2.34. The highest BCUT2D eigenvalue weighted by atomic mass is 16.5. The number of nitrogens with one attached hydrogen (secondary N) is 6. The van der Waals surface area contributed by atoms with Crippen molar-refractivity contribution in [3.8, 4) is 5.75 Å². The molecule has 2 bridgehead atoms. The van der Waals surface area contributed by atoms with E-state index in [1.807, 2.05) is 6.92 Å². The van der Waals surface area contributed by atoms with E-state index >= 15 is 0 Å². The van der Waals surface area contributed by atoms with E-state index in [2.05, 4.69) is 26.6 Å². The summed E-state index contributed by atoms with van der Waals surface area (Å²) < 4.78 is 5.70. The Morgan fingerprint density at radius 1 is 1.07 bits per heavy atom. The number of ether oxygens (including phenoxy) is 1. The van der Waals surface area contributed by atoms with E-state index in [0.29, 0.717) is 24.3 Å². The van der Waals surface area contributed by atoms with Gasteiger partial charge in [-0.2, -0.15) is 0 Å². The molecular weight excluding hydrogens is 546 g/mol. The molecule has 42 heavy (non-hydrogen) atoms. The summed E-state index contributed by atoms with van der Waals surface area (Å²) in [7, 11) is 0. The van der Waals surface area contributed by atoms with Gasteiger partial charge in [0.2, 0.25) is 23.6 Å². The van der Waals surface area contributed by atoms with Crippen LogP contribution in [-0.2, 0) is 30.4 Å². The van der Waals surface area contributed by atoms with Crippen LogP contribution < -0.4 is 37.1 Å². The maximum absolute atomic E-state index is 13.2. The fourth-order valence-electron chi connectivity index (χ4n) is 4.09. The minimum Gasteiger partial charge on any atom is -0.492 e. The molecule has 9 N–H and O–H groups in total. The van der Waals surface area contributed by atoms with E-state index in [1.54, 1.807) is 31.2 Å². The van der Waals surface area contributed by atoms with Crippen molar-refractivity contribution in [1.82, 2.24) is 26.6 Å². The van der Waals surface area contributed by atoms with Gasteiger partial charge >= 0.3 is 5.97 Å². The predicted octanol–water partition coefficient (Wildman–Crippen LogP) is -0.942. The zero-order valence-electron chi connectivity index (χ0n) is 24.5. The third kappa shape index (κ3) is 10.7. The van der Waals surface area contributed by atoms with Gasteiger partial charge in [-0.05, 0) is 37.5 Å². The van der Waals surface area contributed by atoms with Gasteiger partial charge in [-0.3, -0.25) is 19.2 Å². The normalized spacial score (nSPS) is 24.9. The van der Waals surface area contributed by atoms with Gasteiger partial charge in [0.15, 0.2) is 0 Å². The average molecular weight is 590 g/mol. The Hall–Kier alpha value is -4.04. The molecule has 0 aliphatic carbocycles. The second-order valence-corrected chi connectivity index (χ2v) is 10.5.